The highest BCUT2D eigenvalue weighted by atomic mass is 32.1. The normalized spacial score (nSPS) is 14.4. The third-order valence-corrected chi connectivity index (χ3v) is 5.08. The number of nitrogens with one attached hydrogen (secondary N) is 1. The standard InChI is InChI=1S/C17H18FNOS/c1-11-7-8-14(13(18)9-11)19-17(20)16-10-12-5-3-2-4-6-15(12)21-16/h7-10H,2-6H2,1H3,(H,19,20). The molecule has 4 heteroatoms. The molecule has 0 spiro atoms. The van der Waals surface area contributed by atoms with E-state index >= 15 is 0 Å². The van der Waals surface area contributed by atoms with E-state index in [1.807, 2.05) is 13.0 Å². The first kappa shape index (κ1) is 14.3. The number of thiophene rings is 1. The van der Waals surface area contributed by atoms with Gasteiger partial charge in [0.25, 0.3) is 5.91 Å². The number of hydrogen-bond donors (Lipinski definition) is 1. The number of aryl methyl sites for hydroxylation is 3. The van der Waals surface area contributed by atoms with Gasteiger partial charge in [0.15, 0.2) is 0 Å². The van der Waals surface area contributed by atoms with Crippen molar-refractivity contribution in [2.45, 2.75) is 39.0 Å². The number of benzene rings is 1. The van der Waals surface area contributed by atoms with Gasteiger partial charge >= 0.3 is 0 Å². The largest absolute Gasteiger partial charge is 0.319 e. The van der Waals surface area contributed by atoms with Crippen LogP contribution in [-0.2, 0) is 12.8 Å². The molecule has 1 aromatic carbocycles. The molecule has 1 aromatic heterocycles. The van der Waals surface area contributed by atoms with Crippen LogP contribution in [0.1, 0.15) is 44.9 Å². The lowest BCUT2D eigenvalue weighted by Gasteiger charge is -2.05. The van der Waals surface area contributed by atoms with Crippen LogP contribution in [-0.4, -0.2) is 5.91 Å². The van der Waals surface area contributed by atoms with Gasteiger partial charge in [-0.3, -0.25) is 4.79 Å². The van der Waals surface area contributed by atoms with Gasteiger partial charge in [0, 0.05) is 4.88 Å². The second-order valence-electron chi connectivity index (χ2n) is 5.56. The number of fused-ring (bicyclic) bond motifs is 1. The molecule has 2 aromatic rings. The van der Waals surface area contributed by atoms with Crippen LogP contribution in [0.4, 0.5) is 10.1 Å². The van der Waals surface area contributed by atoms with Crippen molar-refractivity contribution in [2.75, 3.05) is 5.32 Å². The Bertz CT molecular complexity index is 654. The highest BCUT2D eigenvalue weighted by molar-refractivity contribution is 7.14. The fourth-order valence-corrected chi connectivity index (χ4v) is 3.83. The summed E-state index contributed by atoms with van der Waals surface area (Å²) >= 11 is 1.55. The molecule has 0 fully saturated rings. The smallest absolute Gasteiger partial charge is 0.265 e. The molecule has 1 aliphatic rings. The molecule has 1 heterocycles. The minimum Gasteiger partial charge on any atom is -0.319 e. The number of rotatable bonds is 2. The Hall–Kier alpha value is -1.68. The van der Waals surface area contributed by atoms with Gasteiger partial charge in [-0.2, -0.15) is 0 Å². The zero-order valence-corrected chi connectivity index (χ0v) is 12.9. The maximum Gasteiger partial charge on any atom is 0.265 e. The number of hydrogen-bond acceptors (Lipinski definition) is 2. The summed E-state index contributed by atoms with van der Waals surface area (Å²) in [6, 6.07) is 6.81. The lowest BCUT2D eigenvalue weighted by Crippen LogP contribution is -2.11. The van der Waals surface area contributed by atoms with E-state index in [1.54, 1.807) is 23.5 Å². The highest BCUT2D eigenvalue weighted by Crippen LogP contribution is 2.29. The van der Waals surface area contributed by atoms with Crippen molar-refractivity contribution in [1.29, 1.82) is 0 Å². The van der Waals surface area contributed by atoms with Crippen LogP contribution in [0.15, 0.2) is 24.3 Å². The number of carbonyl (C=O) groups excluding carboxylic acids is 1. The predicted molar refractivity (Wildman–Crippen MR) is 84.7 cm³/mol. The Morgan fingerprint density at radius 1 is 1.19 bits per heavy atom. The second-order valence-corrected chi connectivity index (χ2v) is 6.69. The van der Waals surface area contributed by atoms with Gasteiger partial charge in [0.1, 0.15) is 5.82 Å². The molecular formula is C17H18FNOS. The van der Waals surface area contributed by atoms with E-state index in [0.29, 0.717) is 4.88 Å². The van der Waals surface area contributed by atoms with Gasteiger partial charge < -0.3 is 5.32 Å². The molecule has 0 saturated heterocycles. The topological polar surface area (TPSA) is 29.1 Å². The Kier molecular flexibility index (Phi) is 4.06. The van der Waals surface area contributed by atoms with Gasteiger partial charge in [0.2, 0.25) is 0 Å². The van der Waals surface area contributed by atoms with Crippen molar-refractivity contribution in [3.63, 3.8) is 0 Å². The van der Waals surface area contributed by atoms with Crippen molar-refractivity contribution in [3.05, 3.63) is 51.0 Å². The van der Waals surface area contributed by atoms with Gasteiger partial charge in [0.05, 0.1) is 10.6 Å². The lowest BCUT2D eigenvalue weighted by atomic mass is 10.1. The quantitative estimate of drug-likeness (QED) is 0.799. The molecule has 0 unspecified atom stereocenters. The summed E-state index contributed by atoms with van der Waals surface area (Å²) in [6.45, 7) is 1.82. The molecule has 110 valence electrons. The van der Waals surface area contributed by atoms with Gasteiger partial charge in [-0.1, -0.05) is 12.5 Å². The van der Waals surface area contributed by atoms with Crippen LogP contribution in [0.3, 0.4) is 0 Å². The summed E-state index contributed by atoms with van der Waals surface area (Å²) < 4.78 is 13.8. The highest BCUT2D eigenvalue weighted by Gasteiger charge is 2.17. The fraction of sp³-hybridized carbons (Fsp3) is 0.353. The minimum absolute atomic E-state index is 0.212. The predicted octanol–water partition coefficient (Wildman–Crippen LogP) is 4.72. The third-order valence-electron chi connectivity index (χ3n) is 3.84. The summed E-state index contributed by atoms with van der Waals surface area (Å²) in [7, 11) is 0. The molecule has 0 aliphatic heterocycles. The maximum absolute atomic E-state index is 13.8. The molecule has 0 saturated carbocycles. The fourth-order valence-electron chi connectivity index (χ4n) is 2.68. The van der Waals surface area contributed by atoms with E-state index in [2.05, 4.69) is 5.32 Å². The second kappa shape index (κ2) is 5.98. The monoisotopic (exact) mass is 303 g/mol. The average molecular weight is 303 g/mol. The first-order chi connectivity index (χ1) is 10.1. The molecule has 2 nitrogen and oxygen atoms in total. The molecule has 1 aliphatic carbocycles. The van der Waals surface area contributed by atoms with E-state index in [9.17, 15) is 9.18 Å². The van der Waals surface area contributed by atoms with Crippen LogP contribution >= 0.6 is 11.3 Å². The summed E-state index contributed by atoms with van der Waals surface area (Å²) in [6.07, 6.45) is 5.76. The number of halogens is 1. The lowest BCUT2D eigenvalue weighted by molar-refractivity contribution is 0.103. The van der Waals surface area contributed by atoms with Crippen molar-refractivity contribution in [2.24, 2.45) is 0 Å². The molecule has 1 amide bonds. The van der Waals surface area contributed by atoms with E-state index in [1.165, 1.54) is 35.8 Å². The van der Waals surface area contributed by atoms with Crippen LogP contribution in [0.5, 0.6) is 0 Å². The zero-order valence-electron chi connectivity index (χ0n) is 12.0. The van der Waals surface area contributed by atoms with Crippen LogP contribution in [0.2, 0.25) is 0 Å². The number of carbonyl (C=O) groups is 1. The van der Waals surface area contributed by atoms with Crippen molar-refractivity contribution >= 4 is 22.9 Å². The van der Waals surface area contributed by atoms with E-state index in [0.717, 1.165) is 18.4 Å². The molecule has 0 bridgehead atoms. The molecule has 0 radical (unpaired) electrons. The van der Waals surface area contributed by atoms with Crippen molar-refractivity contribution < 1.29 is 9.18 Å². The summed E-state index contributed by atoms with van der Waals surface area (Å²) in [5.41, 5.74) is 2.38. The molecular weight excluding hydrogens is 285 g/mol. The Morgan fingerprint density at radius 2 is 2.00 bits per heavy atom. The first-order valence-corrected chi connectivity index (χ1v) is 8.14. The molecule has 1 N–H and O–H groups in total. The van der Waals surface area contributed by atoms with Crippen molar-refractivity contribution in [3.8, 4) is 0 Å². The molecule has 3 rings (SSSR count). The molecule has 0 atom stereocenters. The minimum atomic E-state index is -0.388. The number of amides is 1. The first-order valence-electron chi connectivity index (χ1n) is 7.32. The Labute approximate surface area is 128 Å². The maximum atomic E-state index is 13.8. The Balaban J connectivity index is 1.79. The average Bonchev–Trinajstić information content (AvgIpc) is 2.73. The Morgan fingerprint density at radius 3 is 2.81 bits per heavy atom. The van der Waals surface area contributed by atoms with Crippen molar-refractivity contribution in [1.82, 2.24) is 0 Å². The third kappa shape index (κ3) is 3.16. The van der Waals surface area contributed by atoms with Gasteiger partial charge in [-0.25, -0.2) is 4.39 Å². The van der Waals surface area contributed by atoms with E-state index < -0.39 is 0 Å². The van der Waals surface area contributed by atoms with E-state index in [-0.39, 0.29) is 17.4 Å². The summed E-state index contributed by atoms with van der Waals surface area (Å²) in [4.78, 5) is 14.3. The number of anilines is 1. The SMILES string of the molecule is Cc1ccc(NC(=O)c2cc3c(s2)CCCCC3)c(F)c1. The van der Waals surface area contributed by atoms with Crippen LogP contribution < -0.4 is 5.32 Å². The van der Waals surface area contributed by atoms with Crippen LogP contribution in [0, 0.1) is 12.7 Å². The van der Waals surface area contributed by atoms with Crippen LogP contribution in [0.25, 0.3) is 0 Å². The van der Waals surface area contributed by atoms with Gasteiger partial charge in [-0.05, 0) is 61.9 Å². The van der Waals surface area contributed by atoms with E-state index in [4.69, 9.17) is 0 Å². The zero-order chi connectivity index (χ0) is 14.8. The molecule has 21 heavy (non-hydrogen) atoms. The summed E-state index contributed by atoms with van der Waals surface area (Å²) in [5, 5.41) is 2.67. The summed E-state index contributed by atoms with van der Waals surface area (Å²) in [5.74, 6) is -0.600. The van der Waals surface area contributed by atoms with Gasteiger partial charge in [-0.15, -0.1) is 11.3 Å².